The molecule has 0 aliphatic heterocycles. The second-order valence-corrected chi connectivity index (χ2v) is 5.78. The second kappa shape index (κ2) is 5.90. The molecule has 0 spiro atoms. The van der Waals surface area contributed by atoms with Gasteiger partial charge in [-0.25, -0.2) is 9.59 Å². The van der Waals surface area contributed by atoms with Gasteiger partial charge in [0.25, 0.3) is 0 Å². The second-order valence-electron chi connectivity index (χ2n) is 5.78. The van der Waals surface area contributed by atoms with Gasteiger partial charge < -0.3 is 21.5 Å². The van der Waals surface area contributed by atoms with Gasteiger partial charge in [-0.05, 0) is 24.7 Å². The summed E-state index contributed by atoms with van der Waals surface area (Å²) in [5, 5.41) is 13.8. The van der Waals surface area contributed by atoms with Crippen LogP contribution in [0.1, 0.15) is 39.5 Å². The van der Waals surface area contributed by atoms with Gasteiger partial charge in [0.15, 0.2) is 0 Å². The van der Waals surface area contributed by atoms with E-state index in [0.29, 0.717) is 0 Å². The molecular weight excluding hydrogens is 250 g/mol. The smallest absolute Gasteiger partial charge is 0.326 e. The van der Waals surface area contributed by atoms with Crippen molar-refractivity contribution in [2.75, 3.05) is 0 Å². The summed E-state index contributed by atoms with van der Waals surface area (Å²) in [7, 11) is 0. The van der Waals surface area contributed by atoms with Crippen molar-refractivity contribution in [3.05, 3.63) is 0 Å². The SMILES string of the molecule is CC1(C)CCC(NC(=O)N[C@@H](CC(N)=O)C(=O)O)C1. The molecule has 1 rings (SSSR count). The Bertz CT molecular complexity index is 381. The molecule has 0 aromatic heterocycles. The summed E-state index contributed by atoms with van der Waals surface area (Å²) in [4.78, 5) is 33.2. The largest absolute Gasteiger partial charge is 0.480 e. The number of urea groups is 1. The lowest BCUT2D eigenvalue weighted by molar-refractivity contribution is -0.140. The zero-order chi connectivity index (χ0) is 14.6. The van der Waals surface area contributed by atoms with Crippen LogP contribution in [-0.2, 0) is 9.59 Å². The highest BCUT2D eigenvalue weighted by Gasteiger charge is 2.32. The molecule has 0 aromatic carbocycles. The van der Waals surface area contributed by atoms with E-state index < -0.39 is 30.4 Å². The highest BCUT2D eigenvalue weighted by Crippen LogP contribution is 2.36. The average Bonchev–Trinajstić information content (AvgIpc) is 2.56. The lowest BCUT2D eigenvalue weighted by Gasteiger charge is -2.19. The van der Waals surface area contributed by atoms with Gasteiger partial charge in [0.2, 0.25) is 5.91 Å². The fraction of sp³-hybridized carbons (Fsp3) is 0.750. The molecular formula is C12H21N3O4. The van der Waals surface area contributed by atoms with Crippen LogP contribution in [0.5, 0.6) is 0 Å². The highest BCUT2D eigenvalue weighted by molar-refractivity contribution is 5.87. The van der Waals surface area contributed by atoms with Crippen molar-refractivity contribution in [1.82, 2.24) is 10.6 Å². The van der Waals surface area contributed by atoms with Gasteiger partial charge in [-0.3, -0.25) is 4.79 Å². The first kappa shape index (κ1) is 15.3. The number of carboxylic acid groups (broad SMARTS) is 1. The summed E-state index contributed by atoms with van der Waals surface area (Å²) in [5.74, 6) is -2.05. The van der Waals surface area contributed by atoms with Gasteiger partial charge in [0.1, 0.15) is 6.04 Å². The van der Waals surface area contributed by atoms with Crippen molar-refractivity contribution in [1.29, 1.82) is 0 Å². The number of carboxylic acids is 1. The van der Waals surface area contributed by atoms with Gasteiger partial charge >= 0.3 is 12.0 Å². The number of primary amides is 1. The van der Waals surface area contributed by atoms with Crippen molar-refractivity contribution in [2.45, 2.75) is 51.6 Å². The van der Waals surface area contributed by atoms with Crippen molar-refractivity contribution in [2.24, 2.45) is 11.1 Å². The van der Waals surface area contributed by atoms with Crippen LogP contribution in [0.15, 0.2) is 0 Å². The van der Waals surface area contributed by atoms with E-state index in [1.807, 2.05) is 0 Å². The van der Waals surface area contributed by atoms with Crippen molar-refractivity contribution in [3.63, 3.8) is 0 Å². The van der Waals surface area contributed by atoms with Gasteiger partial charge in [-0.1, -0.05) is 13.8 Å². The number of nitrogens with two attached hydrogens (primary N) is 1. The molecule has 0 heterocycles. The van der Waals surface area contributed by atoms with E-state index in [0.717, 1.165) is 19.3 Å². The molecule has 0 aromatic rings. The number of carbonyl (C=O) groups excluding carboxylic acids is 2. The summed E-state index contributed by atoms with van der Waals surface area (Å²) in [5.41, 5.74) is 5.12. The Kier molecular flexibility index (Phi) is 4.74. The Labute approximate surface area is 111 Å². The lowest BCUT2D eigenvalue weighted by atomic mass is 9.92. The molecule has 7 heteroatoms. The van der Waals surface area contributed by atoms with E-state index in [9.17, 15) is 14.4 Å². The Morgan fingerprint density at radius 2 is 2.05 bits per heavy atom. The van der Waals surface area contributed by atoms with Crippen molar-refractivity contribution >= 4 is 17.9 Å². The molecule has 0 saturated heterocycles. The van der Waals surface area contributed by atoms with Gasteiger partial charge in [-0.2, -0.15) is 0 Å². The predicted octanol–water partition coefficient (Wildman–Crippen LogP) is 0.193. The number of aliphatic carboxylic acids is 1. The quantitative estimate of drug-likeness (QED) is 0.570. The van der Waals surface area contributed by atoms with Crippen molar-refractivity contribution < 1.29 is 19.5 Å². The number of nitrogens with one attached hydrogen (secondary N) is 2. The summed E-state index contributed by atoms with van der Waals surface area (Å²) in [6.45, 7) is 4.25. The molecule has 19 heavy (non-hydrogen) atoms. The Balaban J connectivity index is 2.45. The van der Waals surface area contributed by atoms with Gasteiger partial charge in [-0.15, -0.1) is 0 Å². The van der Waals surface area contributed by atoms with Crippen LogP contribution < -0.4 is 16.4 Å². The summed E-state index contributed by atoms with van der Waals surface area (Å²) >= 11 is 0. The molecule has 1 fully saturated rings. The zero-order valence-electron chi connectivity index (χ0n) is 11.2. The van der Waals surface area contributed by atoms with Crippen LogP contribution in [0.25, 0.3) is 0 Å². The van der Waals surface area contributed by atoms with E-state index in [1.54, 1.807) is 0 Å². The number of hydrogen-bond donors (Lipinski definition) is 4. The Hall–Kier alpha value is -1.79. The van der Waals surface area contributed by atoms with E-state index in [4.69, 9.17) is 10.8 Å². The third-order valence-corrected chi connectivity index (χ3v) is 3.31. The van der Waals surface area contributed by atoms with Crippen LogP contribution in [0, 0.1) is 5.41 Å². The van der Waals surface area contributed by atoms with E-state index in [-0.39, 0.29) is 11.5 Å². The first-order valence-corrected chi connectivity index (χ1v) is 6.28. The monoisotopic (exact) mass is 271 g/mol. The number of rotatable bonds is 5. The lowest BCUT2D eigenvalue weighted by Crippen LogP contribution is -2.49. The highest BCUT2D eigenvalue weighted by atomic mass is 16.4. The predicted molar refractivity (Wildman–Crippen MR) is 68.3 cm³/mol. The molecule has 5 N–H and O–H groups in total. The minimum atomic E-state index is -1.29. The number of hydrogen-bond acceptors (Lipinski definition) is 3. The molecule has 2 atom stereocenters. The van der Waals surface area contributed by atoms with E-state index in [1.165, 1.54) is 0 Å². The zero-order valence-corrected chi connectivity index (χ0v) is 11.2. The molecule has 1 aliphatic carbocycles. The Morgan fingerprint density at radius 3 is 2.47 bits per heavy atom. The summed E-state index contributed by atoms with van der Waals surface area (Å²) < 4.78 is 0. The third kappa shape index (κ3) is 5.15. The van der Waals surface area contributed by atoms with E-state index in [2.05, 4.69) is 24.5 Å². The number of amides is 3. The minimum absolute atomic E-state index is 0.0398. The molecule has 1 unspecified atom stereocenters. The maximum Gasteiger partial charge on any atom is 0.326 e. The first-order valence-electron chi connectivity index (χ1n) is 6.28. The van der Waals surface area contributed by atoms with Gasteiger partial charge in [0.05, 0.1) is 6.42 Å². The first-order chi connectivity index (χ1) is 8.69. The summed E-state index contributed by atoms with van der Waals surface area (Å²) in [6, 6.07) is -1.82. The van der Waals surface area contributed by atoms with Crippen LogP contribution in [0.3, 0.4) is 0 Å². The Morgan fingerprint density at radius 1 is 1.42 bits per heavy atom. The average molecular weight is 271 g/mol. The topological polar surface area (TPSA) is 122 Å². The van der Waals surface area contributed by atoms with Crippen LogP contribution >= 0.6 is 0 Å². The molecule has 0 bridgehead atoms. The fourth-order valence-electron chi connectivity index (χ4n) is 2.35. The molecule has 108 valence electrons. The standard InChI is InChI=1S/C12H21N3O4/c1-12(2)4-3-7(6-12)14-11(19)15-8(10(17)18)5-9(13)16/h7-8H,3-6H2,1-2H3,(H2,13,16)(H,17,18)(H2,14,15,19)/t7?,8-/m0/s1. The molecule has 7 nitrogen and oxygen atoms in total. The van der Waals surface area contributed by atoms with Crippen LogP contribution in [-0.4, -0.2) is 35.1 Å². The molecule has 3 amide bonds. The van der Waals surface area contributed by atoms with Crippen LogP contribution in [0.2, 0.25) is 0 Å². The van der Waals surface area contributed by atoms with Gasteiger partial charge in [0, 0.05) is 6.04 Å². The molecule has 1 aliphatic rings. The normalized spacial score (nSPS) is 22.5. The van der Waals surface area contributed by atoms with Crippen LogP contribution in [0.4, 0.5) is 4.79 Å². The third-order valence-electron chi connectivity index (χ3n) is 3.31. The maximum absolute atomic E-state index is 11.7. The minimum Gasteiger partial charge on any atom is -0.480 e. The maximum atomic E-state index is 11.7. The van der Waals surface area contributed by atoms with Crippen molar-refractivity contribution in [3.8, 4) is 0 Å². The molecule has 0 radical (unpaired) electrons. The number of carbonyl (C=O) groups is 3. The fourth-order valence-corrected chi connectivity index (χ4v) is 2.35. The van der Waals surface area contributed by atoms with E-state index >= 15 is 0 Å². The molecule has 1 saturated carbocycles. The summed E-state index contributed by atoms with van der Waals surface area (Å²) in [6.07, 6.45) is 2.32.